The van der Waals surface area contributed by atoms with Crippen molar-refractivity contribution in [2.45, 2.75) is 61.3 Å². The zero-order valence-corrected chi connectivity index (χ0v) is 30.0. The largest absolute Gasteiger partial charge is 0.748 e. The zero-order chi connectivity index (χ0) is 37.0. The highest BCUT2D eigenvalue weighted by Gasteiger charge is 2.45. The molecule has 5 rings (SSSR count). The van der Waals surface area contributed by atoms with Crippen molar-refractivity contribution in [3.8, 4) is 0 Å². The lowest BCUT2D eigenvalue weighted by atomic mass is 9.81. The molecule has 3 aromatic carbocycles. The van der Waals surface area contributed by atoms with Crippen molar-refractivity contribution in [1.82, 2.24) is 0 Å². The first-order valence-electron chi connectivity index (χ1n) is 15.3. The topological polar surface area (TPSA) is 209 Å². The van der Waals surface area contributed by atoms with Crippen LogP contribution in [0.3, 0.4) is 0 Å². The van der Waals surface area contributed by atoms with E-state index in [2.05, 4.69) is 0 Å². The molecule has 0 saturated carbocycles. The zero-order valence-electron chi connectivity index (χ0n) is 27.6. The monoisotopic (exact) mass is 744 g/mol. The Morgan fingerprint density at radius 2 is 1.42 bits per heavy atom. The summed E-state index contributed by atoms with van der Waals surface area (Å²) in [7, 11) is -13.5. The Bertz CT molecular complexity index is 2320. The van der Waals surface area contributed by atoms with E-state index in [1.165, 1.54) is 42.5 Å². The Morgan fingerprint density at radius 3 is 1.98 bits per heavy atom. The van der Waals surface area contributed by atoms with Crippen molar-refractivity contribution >= 4 is 53.4 Å². The van der Waals surface area contributed by atoms with Gasteiger partial charge in [-0.1, -0.05) is 32.1 Å². The van der Waals surface area contributed by atoms with E-state index in [9.17, 15) is 48.8 Å². The van der Waals surface area contributed by atoms with E-state index >= 15 is 0 Å². The first kappa shape index (κ1) is 37.1. The van der Waals surface area contributed by atoms with Crippen LogP contribution in [0.5, 0.6) is 0 Å². The van der Waals surface area contributed by atoms with Gasteiger partial charge in [-0.3, -0.25) is 9.11 Å². The van der Waals surface area contributed by atoms with Crippen LogP contribution in [-0.4, -0.2) is 72.6 Å². The van der Waals surface area contributed by atoms with Crippen LogP contribution in [-0.2, 0) is 47.7 Å². The lowest BCUT2D eigenvalue weighted by molar-refractivity contribution is -0.455. The first-order valence-corrected chi connectivity index (χ1v) is 19.8. The van der Waals surface area contributed by atoms with Gasteiger partial charge in [-0.05, 0) is 74.4 Å². The van der Waals surface area contributed by atoms with Gasteiger partial charge in [-0.25, -0.2) is 13.2 Å². The van der Waals surface area contributed by atoms with E-state index in [0.29, 0.717) is 28.2 Å². The fourth-order valence-corrected chi connectivity index (χ4v) is 8.10. The van der Waals surface area contributed by atoms with Gasteiger partial charge in [-0.2, -0.15) is 21.4 Å². The molecule has 3 aromatic rings. The number of carboxylic acids is 1. The molecule has 0 radical (unpaired) electrons. The van der Waals surface area contributed by atoms with Gasteiger partial charge in [0.25, 0.3) is 20.2 Å². The summed E-state index contributed by atoms with van der Waals surface area (Å²) in [4.78, 5) is 12.6. The Hall–Kier alpha value is -4.19. The number of nitrogens with zero attached hydrogens (tertiary/aromatic N) is 2. The number of rotatable bonds is 11. The Labute approximate surface area is 291 Å². The summed E-state index contributed by atoms with van der Waals surface area (Å²) >= 11 is 0. The molecular weight excluding hydrogens is 709 g/mol. The SMILES string of the molecule is CC1(C)C(/C=C/C=C2/N(CCCS(=O)(=O)[O-])c3ccc(S(=O)(=O)O)cc3C2(C)C)=[N+](Cc2ccc(C(=O)O)cc2)c2ccc(S(=O)(=O)O)cc21. The van der Waals surface area contributed by atoms with Crippen molar-refractivity contribution in [3.05, 3.63) is 107 Å². The molecule has 0 aliphatic carbocycles. The number of aromatic carboxylic acids is 1. The van der Waals surface area contributed by atoms with Crippen LogP contribution in [0, 0.1) is 0 Å². The average molecular weight is 745 g/mol. The van der Waals surface area contributed by atoms with Crippen LogP contribution in [0.25, 0.3) is 0 Å². The third kappa shape index (κ3) is 7.31. The molecule has 0 bridgehead atoms. The van der Waals surface area contributed by atoms with Crippen molar-refractivity contribution in [2.24, 2.45) is 0 Å². The third-order valence-electron chi connectivity index (χ3n) is 9.15. The normalized spacial score (nSPS) is 17.8. The molecular formula is C34H36N2O11S3. The van der Waals surface area contributed by atoms with Gasteiger partial charge >= 0.3 is 5.97 Å². The first-order chi connectivity index (χ1) is 23.0. The molecule has 2 heterocycles. The van der Waals surface area contributed by atoms with E-state index in [1.54, 1.807) is 35.3 Å². The Kier molecular flexibility index (Phi) is 9.53. The fourth-order valence-electron chi connectivity index (χ4n) is 6.61. The summed E-state index contributed by atoms with van der Waals surface area (Å²) in [5.41, 5.74) is 3.05. The number of fused-ring (bicyclic) bond motifs is 2. The third-order valence-corrected chi connectivity index (χ3v) is 11.6. The quantitative estimate of drug-likeness (QED) is 0.181. The summed E-state index contributed by atoms with van der Waals surface area (Å²) in [6.07, 6.45) is 5.37. The predicted octanol–water partition coefficient (Wildman–Crippen LogP) is 4.63. The minimum atomic E-state index is -4.53. The molecule has 0 unspecified atom stereocenters. The van der Waals surface area contributed by atoms with Crippen LogP contribution in [0.4, 0.5) is 11.4 Å². The molecule has 0 amide bonds. The number of hydrogen-bond acceptors (Lipinski definition) is 9. The molecule has 0 atom stereocenters. The summed E-state index contributed by atoms with van der Waals surface area (Å²) in [5, 5.41) is 9.34. The van der Waals surface area contributed by atoms with Crippen molar-refractivity contribution < 1.29 is 53.4 Å². The smallest absolute Gasteiger partial charge is 0.335 e. The molecule has 3 N–H and O–H groups in total. The van der Waals surface area contributed by atoms with Gasteiger partial charge in [0.15, 0.2) is 12.3 Å². The van der Waals surface area contributed by atoms with Gasteiger partial charge in [-0.15, -0.1) is 0 Å². The van der Waals surface area contributed by atoms with Crippen LogP contribution in [0.2, 0.25) is 0 Å². The molecule has 0 spiro atoms. The van der Waals surface area contributed by atoms with Crippen LogP contribution < -0.4 is 4.90 Å². The van der Waals surface area contributed by atoms with Gasteiger partial charge in [0.1, 0.15) is 0 Å². The number of hydrogen-bond donors (Lipinski definition) is 3. The molecule has 0 aromatic heterocycles. The second-order valence-corrected chi connectivity index (χ2v) is 17.6. The molecule has 266 valence electrons. The predicted molar refractivity (Wildman–Crippen MR) is 184 cm³/mol. The summed E-state index contributed by atoms with van der Waals surface area (Å²) in [5.74, 6) is -1.68. The van der Waals surface area contributed by atoms with Gasteiger partial charge < -0.3 is 14.6 Å². The number of anilines is 1. The lowest BCUT2D eigenvalue weighted by Crippen LogP contribution is -2.28. The highest BCUT2D eigenvalue weighted by molar-refractivity contribution is 7.86. The molecule has 0 saturated heterocycles. The maximum Gasteiger partial charge on any atom is 0.335 e. The van der Waals surface area contributed by atoms with E-state index < -0.39 is 52.9 Å². The minimum Gasteiger partial charge on any atom is -0.748 e. The highest BCUT2D eigenvalue weighted by atomic mass is 32.2. The van der Waals surface area contributed by atoms with Crippen molar-refractivity contribution in [3.63, 3.8) is 0 Å². The Balaban J connectivity index is 1.62. The van der Waals surface area contributed by atoms with Crippen molar-refractivity contribution in [2.75, 3.05) is 17.2 Å². The van der Waals surface area contributed by atoms with Gasteiger partial charge in [0, 0.05) is 52.4 Å². The Morgan fingerprint density at radius 1 is 0.840 bits per heavy atom. The number of carbonyl (C=O) groups is 1. The maximum absolute atomic E-state index is 12.1. The van der Waals surface area contributed by atoms with Gasteiger partial charge in [0.05, 0.1) is 30.9 Å². The maximum atomic E-state index is 12.1. The average Bonchev–Trinajstić information content (AvgIpc) is 3.34. The molecule has 50 heavy (non-hydrogen) atoms. The lowest BCUT2D eigenvalue weighted by Gasteiger charge is -2.27. The van der Waals surface area contributed by atoms with Gasteiger partial charge in [0.2, 0.25) is 5.69 Å². The molecule has 2 aliphatic rings. The summed E-state index contributed by atoms with van der Waals surface area (Å²) < 4.78 is 104. The fraction of sp³-hybridized carbons (Fsp3) is 0.294. The van der Waals surface area contributed by atoms with Crippen LogP contribution in [0.1, 0.15) is 61.2 Å². The number of benzene rings is 3. The number of allylic oxidation sites excluding steroid dienone is 4. The second-order valence-electron chi connectivity index (χ2n) is 13.2. The van der Waals surface area contributed by atoms with E-state index in [-0.39, 0.29) is 34.9 Å². The minimum absolute atomic E-state index is 0.00722. The standard InChI is InChI=1S/C34H36N2O11S3/c1-33(2)26-19-24(49(42,43)44)13-15-28(26)35(17-6-18-48(39,40)41)30(33)7-5-8-31-34(3,4)27-20-25(50(45,46)47)14-16-29(27)36(31)21-22-9-11-23(12-10-22)32(37)38/h5,7-16,19-20H,6,17-18,21H2,1-4H3,(H3-,37,38,39,40,41,42,43,44,45,46,47). The summed E-state index contributed by atoms with van der Waals surface area (Å²) in [6, 6.07) is 14.8. The van der Waals surface area contributed by atoms with Crippen molar-refractivity contribution in [1.29, 1.82) is 0 Å². The van der Waals surface area contributed by atoms with E-state index in [0.717, 1.165) is 11.3 Å². The number of carboxylic acid groups (broad SMARTS) is 1. The second kappa shape index (κ2) is 12.9. The summed E-state index contributed by atoms with van der Waals surface area (Å²) in [6.45, 7) is 7.87. The molecule has 0 fully saturated rings. The van der Waals surface area contributed by atoms with Crippen LogP contribution >= 0.6 is 0 Å². The van der Waals surface area contributed by atoms with Crippen LogP contribution in [0.15, 0.2) is 94.4 Å². The van der Waals surface area contributed by atoms with E-state index in [1.807, 2.05) is 38.3 Å². The molecule has 13 nitrogen and oxygen atoms in total. The van der Waals surface area contributed by atoms with E-state index in [4.69, 9.17) is 0 Å². The molecule has 2 aliphatic heterocycles. The molecule has 16 heteroatoms. The highest BCUT2D eigenvalue weighted by Crippen LogP contribution is 2.49.